The van der Waals surface area contributed by atoms with E-state index in [0.29, 0.717) is 18.5 Å². The van der Waals surface area contributed by atoms with Gasteiger partial charge in [0.2, 0.25) is 0 Å². The van der Waals surface area contributed by atoms with Crippen LogP contribution in [-0.4, -0.2) is 11.1 Å². The number of rotatable bonds is 2. The molecule has 2 amide bonds. The number of carbonyl (C=O) groups is 1. The van der Waals surface area contributed by atoms with Crippen LogP contribution in [0, 0.1) is 0 Å². The van der Waals surface area contributed by atoms with E-state index in [9.17, 15) is 23.1 Å². The number of benzene rings is 1. The minimum Gasteiger partial charge on any atom is -0.512 e. The number of alkyl halides is 3. The van der Waals surface area contributed by atoms with Crippen LogP contribution >= 0.6 is 11.6 Å². The van der Waals surface area contributed by atoms with Gasteiger partial charge in [0.25, 0.3) is 0 Å². The first-order chi connectivity index (χ1) is 10.3. The molecule has 2 rings (SSSR count). The molecular formula is C14H12ClF3N2O2. The lowest BCUT2D eigenvalue weighted by molar-refractivity contribution is -0.137. The van der Waals surface area contributed by atoms with Crippen LogP contribution in [0.15, 0.2) is 41.8 Å². The maximum atomic E-state index is 12.7. The molecule has 0 radical (unpaired) electrons. The minimum atomic E-state index is -4.60. The third-order valence-electron chi connectivity index (χ3n) is 2.93. The maximum Gasteiger partial charge on any atom is 0.417 e. The largest absolute Gasteiger partial charge is 0.512 e. The van der Waals surface area contributed by atoms with E-state index < -0.39 is 22.8 Å². The molecular weight excluding hydrogens is 321 g/mol. The topological polar surface area (TPSA) is 61.4 Å². The van der Waals surface area contributed by atoms with Crippen molar-refractivity contribution >= 4 is 23.3 Å². The number of urea groups is 1. The zero-order valence-electron chi connectivity index (χ0n) is 11.2. The van der Waals surface area contributed by atoms with Crippen molar-refractivity contribution in [3.63, 3.8) is 0 Å². The highest BCUT2D eigenvalue weighted by atomic mass is 35.5. The molecule has 1 aliphatic rings. The Morgan fingerprint density at radius 3 is 2.50 bits per heavy atom. The molecule has 1 aromatic carbocycles. The summed E-state index contributed by atoms with van der Waals surface area (Å²) in [5.41, 5.74) is -0.485. The number of hydrogen-bond donors (Lipinski definition) is 3. The quantitative estimate of drug-likeness (QED) is 0.741. The van der Waals surface area contributed by atoms with Gasteiger partial charge in [0.1, 0.15) is 0 Å². The Morgan fingerprint density at radius 1 is 1.18 bits per heavy atom. The average Bonchev–Trinajstić information content (AvgIpc) is 2.42. The average molecular weight is 333 g/mol. The van der Waals surface area contributed by atoms with E-state index in [1.807, 2.05) is 0 Å². The first-order valence-corrected chi connectivity index (χ1v) is 6.67. The van der Waals surface area contributed by atoms with Gasteiger partial charge in [0, 0.05) is 17.8 Å². The van der Waals surface area contributed by atoms with Gasteiger partial charge in [-0.2, -0.15) is 13.2 Å². The second-order valence-corrected chi connectivity index (χ2v) is 5.03. The van der Waals surface area contributed by atoms with Crippen LogP contribution in [0.5, 0.6) is 0 Å². The number of aliphatic hydroxyl groups excluding tert-OH is 1. The molecule has 0 aromatic heterocycles. The Bertz CT molecular complexity index is 654. The van der Waals surface area contributed by atoms with Crippen LogP contribution in [0.3, 0.4) is 0 Å². The summed E-state index contributed by atoms with van der Waals surface area (Å²) in [6.07, 6.45) is -0.792. The molecule has 118 valence electrons. The summed E-state index contributed by atoms with van der Waals surface area (Å²) in [7, 11) is 0. The van der Waals surface area contributed by atoms with Crippen molar-refractivity contribution in [1.82, 2.24) is 5.32 Å². The van der Waals surface area contributed by atoms with Gasteiger partial charge >= 0.3 is 12.2 Å². The van der Waals surface area contributed by atoms with Crippen molar-refractivity contribution in [3.05, 3.63) is 52.4 Å². The fourth-order valence-corrected chi connectivity index (χ4v) is 2.08. The molecule has 0 bridgehead atoms. The second kappa shape index (κ2) is 6.31. The maximum absolute atomic E-state index is 12.7. The molecule has 0 spiro atoms. The van der Waals surface area contributed by atoms with Crippen molar-refractivity contribution in [1.29, 1.82) is 0 Å². The summed E-state index contributed by atoms with van der Waals surface area (Å²) in [6, 6.07) is 2.44. The highest BCUT2D eigenvalue weighted by molar-refractivity contribution is 6.31. The van der Waals surface area contributed by atoms with E-state index in [1.54, 1.807) is 0 Å². The highest BCUT2D eigenvalue weighted by Gasteiger charge is 2.33. The fraction of sp³-hybridized carbons (Fsp3) is 0.214. The number of aliphatic hydroxyl groups is 1. The lowest BCUT2D eigenvalue weighted by Gasteiger charge is -2.15. The normalized spacial score (nSPS) is 14.9. The number of nitrogens with one attached hydrogen (secondary N) is 2. The smallest absolute Gasteiger partial charge is 0.417 e. The molecule has 4 nitrogen and oxygen atoms in total. The monoisotopic (exact) mass is 332 g/mol. The summed E-state index contributed by atoms with van der Waals surface area (Å²) < 4.78 is 38.2. The Morgan fingerprint density at radius 2 is 1.91 bits per heavy atom. The van der Waals surface area contributed by atoms with Gasteiger partial charge in [-0.1, -0.05) is 11.6 Å². The number of carbonyl (C=O) groups excluding carboxylic acids is 1. The zero-order valence-corrected chi connectivity index (χ0v) is 11.9. The Hall–Kier alpha value is -2.15. The van der Waals surface area contributed by atoms with Gasteiger partial charge in [-0.3, -0.25) is 0 Å². The fourth-order valence-electron chi connectivity index (χ4n) is 1.86. The molecule has 0 aliphatic heterocycles. The van der Waals surface area contributed by atoms with Crippen molar-refractivity contribution in [2.75, 3.05) is 5.32 Å². The van der Waals surface area contributed by atoms with Crippen LogP contribution in [0.25, 0.3) is 0 Å². The summed E-state index contributed by atoms with van der Waals surface area (Å²) in [4.78, 5) is 11.7. The van der Waals surface area contributed by atoms with Crippen LogP contribution in [0.1, 0.15) is 18.4 Å². The van der Waals surface area contributed by atoms with E-state index in [1.165, 1.54) is 18.2 Å². The molecule has 0 saturated carbocycles. The van der Waals surface area contributed by atoms with Crippen molar-refractivity contribution < 1.29 is 23.1 Å². The molecule has 0 unspecified atom stereocenters. The summed E-state index contributed by atoms with van der Waals surface area (Å²) in [5, 5.41) is 13.6. The Balaban J connectivity index is 2.06. The standard InChI is InChI=1S/C14H12ClF3N2O2/c15-12-6-3-9(7-11(12)14(16,17)18)20-13(22)19-8-1-4-10(21)5-2-8/h1,3-4,6-7,21H,2,5H2,(H2,19,20,22). The van der Waals surface area contributed by atoms with Crippen molar-refractivity contribution in [2.45, 2.75) is 19.0 Å². The molecule has 0 fully saturated rings. The second-order valence-electron chi connectivity index (χ2n) is 4.62. The summed E-state index contributed by atoms with van der Waals surface area (Å²) >= 11 is 5.50. The molecule has 3 N–H and O–H groups in total. The van der Waals surface area contributed by atoms with E-state index in [4.69, 9.17) is 11.6 Å². The lowest BCUT2D eigenvalue weighted by Crippen LogP contribution is -2.28. The highest BCUT2D eigenvalue weighted by Crippen LogP contribution is 2.36. The van der Waals surface area contributed by atoms with Crippen LogP contribution in [-0.2, 0) is 6.18 Å². The van der Waals surface area contributed by atoms with Gasteiger partial charge in [0.05, 0.1) is 16.3 Å². The molecule has 8 heteroatoms. The molecule has 1 aliphatic carbocycles. The van der Waals surface area contributed by atoms with E-state index in [0.717, 1.165) is 12.1 Å². The SMILES string of the molecule is O=C(NC1=CC=C(O)CC1)Nc1ccc(Cl)c(C(F)(F)F)c1. The predicted octanol–water partition coefficient (Wildman–Crippen LogP) is 4.60. The lowest BCUT2D eigenvalue weighted by atomic mass is 10.1. The number of allylic oxidation sites excluding steroid dienone is 4. The number of anilines is 1. The minimum absolute atomic E-state index is 0.0241. The first kappa shape index (κ1) is 16.2. The zero-order chi connectivity index (χ0) is 16.3. The third-order valence-corrected chi connectivity index (χ3v) is 3.26. The van der Waals surface area contributed by atoms with Gasteiger partial charge in [0.15, 0.2) is 0 Å². The third kappa shape index (κ3) is 4.17. The Labute approximate surface area is 129 Å². The molecule has 0 heterocycles. The van der Waals surface area contributed by atoms with Crippen molar-refractivity contribution in [3.8, 4) is 0 Å². The molecule has 0 atom stereocenters. The molecule has 22 heavy (non-hydrogen) atoms. The van der Waals surface area contributed by atoms with Crippen molar-refractivity contribution in [2.24, 2.45) is 0 Å². The van der Waals surface area contributed by atoms with E-state index in [2.05, 4.69) is 10.6 Å². The number of amides is 2. The van der Waals surface area contributed by atoms with Gasteiger partial charge < -0.3 is 15.7 Å². The van der Waals surface area contributed by atoms with Crippen LogP contribution in [0.4, 0.5) is 23.7 Å². The first-order valence-electron chi connectivity index (χ1n) is 6.29. The molecule has 1 aromatic rings. The number of hydrogen-bond acceptors (Lipinski definition) is 2. The summed E-state index contributed by atoms with van der Waals surface area (Å²) in [5.74, 6) is 0.207. The Kier molecular flexibility index (Phi) is 4.65. The van der Waals surface area contributed by atoms with Gasteiger partial charge in [-0.25, -0.2) is 4.79 Å². The van der Waals surface area contributed by atoms with Gasteiger partial charge in [-0.05, 0) is 36.8 Å². The predicted molar refractivity (Wildman–Crippen MR) is 76.6 cm³/mol. The van der Waals surface area contributed by atoms with Crippen LogP contribution < -0.4 is 10.6 Å². The van der Waals surface area contributed by atoms with E-state index >= 15 is 0 Å². The number of halogens is 4. The van der Waals surface area contributed by atoms with E-state index in [-0.39, 0.29) is 11.4 Å². The molecule has 0 saturated heterocycles. The van der Waals surface area contributed by atoms with Gasteiger partial charge in [-0.15, -0.1) is 0 Å². The summed E-state index contributed by atoms with van der Waals surface area (Å²) in [6.45, 7) is 0. The van der Waals surface area contributed by atoms with Crippen LogP contribution in [0.2, 0.25) is 5.02 Å².